The van der Waals surface area contributed by atoms with Gasteiger partial charge in [0.25, 0.3) is 0 Å². The summed E-state index contributed by atoms with van der Waals surface area (Å²) in [5.41, 5.74) is 13.4. The molecular formula is C74H81Cl3F3N9. The summed E-state index contributed by atoms with van der Waals surface area (Å²) in [4.78, 5) is 11.7. The number of fused-ring (bicyclic) bond motifs is 2. The second-order valence-corrected chi connectivity index (χ2v) is 28.8. The summed E-state index contributed by atoms with van der Waals surface area (Å²) >= 11 is 18.4. The molecule has 0 saturated heterocycles. The topological polar surface area (TPSA) is 184 Å². The quantitative estimate of drug-likeness (QED) is 0.145. The minimum Gasteiger partial charge on any atom is -0.344 e. The van der Waals surface area contributed by atoms with Crippen LogP contribution >= 0.6 is 34.8 Å². The van der Waals surface area contributed by atoms with E-state index in [2.05, 4.69) is 135 Å². The van der Waals surface area contributed by atoms with Crippen LogP contribution in [-0.2, 0) is 32.5 Å². The predicted octanol–water partition coefficient (Wildman–Crippen LogP) is 21.2. The van der Waals surface area contributed by atoms with Gasteiger partial charge in [-0.05, 0) is 153 Å². The highest BCUT2D eigenvalue weighted by molar-refractivity contribution is 6.45. The van der Waals surface area contributed by atoms with Crippen LogP contribution in [0, 0.1) is 113 Å². The van der Waals surface area contributed by atoms with Crippen LogP contribution in [0.1, 0.15) is 214 Å². The number of aromatic nitrogens is 3. The third kappa shape index (κ3) is 18.7. The lowest BCUT2D eigenvalue weighted by molar-refractivity contribution is 0.445. The summed E-state index contributed by atoms with van der Waals surface area (Å²) in [6, 6.07) is 35.4. The van der Waals surface area contributed by atoms with Crippen LogP contribution in [0.2, 0.25) is 15.1 Å². The van der Waals surface area contributed by atoms with Gasteiger partial charge in [-0.3, -0.25) is 4.98 Å². The van der Waals surface area contributed by atoms with Crippen molar-refractivity contribution in [3.05, 3.63) is 207 Å². The van der Waals surface area contributed by atoms with Crippen LogP contribution in [0.5, 0.6) is 0 Å². The van der Waals surface area contributed by atoms with E-state index in [9.17, 15) is 13.2 Å². The van der Waals surface area contributed by atoms with Crippen molar-refractivity contribution in [1.29, 1.82) is 31.6 Å². The molecule has 0 atom stereocenters. The van der Waals surface area contributed by atoms with Crippen LogP contribution < -0.4 is 0 Å². The molecular weight excluding hydrogens is 1180 g/mol. The molecule has 0 radical (unpaired) electrons. The monoisotopic (exact) mass is 1260 g/mol. The van der Waals surface area contributed by atoms with Crippen molar-refractivity contribution in [2.75, 3.05) is 0 Å². The van der Waals surface area contributed by atoms with Gasteiger partial charge in [-0.2, -0.15) is 31.6 Å². The number of imidazole rings is 1. The first-order chi connectivity index (χ1) is 40.9. The molecule has 6 aromatic carbocycles. The van der Waals surface area contributed by atoms with Crippen LogP contribution in [0.4, 0.5) is 13.2 Å². The Balaban J connectivity index is 0.000000280. The lowest BCUT2D eigenvalue weighted by Gasteiger charge is -2.25. The molecule has 0 saturated carbocycles. The summed E-state index contributed by atoms with van der Waals surface area (Å²) in [7, 11) is 0. The van der Waals surface area contributed by atoms with E-state index >= 15 is 0 Å². The molecule has 8 aromatic rings. The second-order valence-electron chi connectivity index (χ2n) is 27.7. The van der Waals surface area contributed by atoms with E-state index in [1.807, 2.05) is 107 Å². The van der Waals surface area contributed by atoms with E-state index in [1.54, 1.807) is 33.3 Å². The maximum absolute atomic E-state index is 13.7. The summed E-state index contributed by atoms with van der Waals surface area (Å²) in [5.74, 6) is -3.52. The van der Waals surface area contributed by atoms with Gasteiger partial charge in [-0.1, -0.05) is 190 Å². The minimum absolute atomic E-state index is 0.0112. The average Bonchev–Trinajstić information content (AvgIpc) is 1.11. The van der Waals surface area contributed by atoms with Crippen molar-refractivity contribution in [2.45, 2.75) is 185 Å². The third-order valence-corrected chi connectivity index (χ3v) is 15.7. The van der Waals surface area contributed by atoms with Crippen molar-refractivity contribution in [1.82, 2.24) is 15.0 Å². The van der Waals surface area contributed by atoms with Crippen molar-refractivity contribution in [3.8, 4) is 36.4 Å². The summed E-state index contributed by atoms with van der Waals surface area (Å²) in [6.45, 7) is 44.3. The zero-order valence-corrected chi connectivity index (χ0v) is 57.7. The number of nitrogens with one attached hydrogen (secondary N) is 1. The van der Waals surface area contributed by atoms with Gasteiger partial charge >= 0.3 is 0 Å². The Bertz CT molecular complexity index is 4000. The fourth-order valence-electron chi connectivity index (χ4n) is 9.93. The molecule has 0 fully saturated rings. The molecule has 8 rings (SSSR count). The first-order valence-electron chi connectivity index (χ1n) is 28.7. The van der Waals surface area contributed by atoms with Gasteiger partial charge in [0.05, 0.1) is 84.0 Å². The molecule has 2 heterocycles. The predicted molar refractivity (Wildman–Crippen MR) is 358 cm³/mol. The third-order valence-electron chi connectivity index (χ3n) is 14.4. The van der Waals surface area contributed by atoms with E-state index in [-0.39, 0.29) is 48.8 Å². The van der Waals surface area contributed by atoms with E-state index in [4.69, 9.17) is 66.4 Å². The number of aryl methyl sites for hydroxylation is 2. The van der Waals surface area contributed by atoms with Gasteiger partial charge in [0.2, 0.25) is 0 Å². The number of rotatable bonds is 0. The highest BCUT2D eigenvalue weighted by atomic mass is 35.5. The second kappa shape index (κ2) is 29.9. The molecule has 2 aromatic heterocycles. The zero-order chi connectivity index (χ0) is 68.3. The van der Waals surface area contributed by atoms with Crippen molar-refractivity contribution in [3.63, 3.8) is 0 Å². The van der Waals surface area contributed by atoms with Crippen LogP contribution in [0.3, 0.4) is 0 Å². The van der Waals surface area contributed by atoms with Crippen molar-refractivity contribution < 1.29 is 13.2 Å². The molecule has 0 bridgehead atoms. The first kappa shape index (κ1) is 75.1. The minimum atomic E-state index is -1.41. The van der Waals surface area contributed by atoms with E-state index in [0.717, 1.165) is 55.3 Å². The summed E-state index contributed by atoms with van der Waals surface area (Å²) in [5, 5.41) is 55.0. The molecule has 0 amide bonds. The molecule has 0 aliphatic heterocycles. The lowest BCUT2D eigenvalue weighted by Crippen LogP contribution is -2.19. The van der Waals surface area contributed by atoms with E-state index in [1.165, 1.54) is 35.2 Å². The fraction of sp³-hybridized carbons (Fsp3) is 0.378. The number of nitrogens with zero attached hydrogens (tertiary/aromatic N) is 8. The number of pyridine rings is 1. The number of aromatic amines is 1. The summed E-state index contributed by atoms with van der Waals surface area (Å²) < 4.78 is 40.7. The van der Waals surface area contributed by atoms with E-state index in [0.29, 0.717) is 21.2 Å². The molecule has 89 heavy (non-hydrogen) atoms. The largest absolute Gasteiger partial charge is 0.344 e. The maximum atomic E-state index is 13.7. The van der Waals surface area contributed by atoms with Crippen molar-refractivity contribution in [2.24, 2.45) is 0 Å². The highest BCUT2D eigenvalue weighted by Gasteiger charge is 2.30. The molecule has 0 unspecified atom stereocenters. The smallest absolute Gasteiger partial charge is 0.179 e. The number of nitriles is 6. The van der Waals surface area contributed by atoms with Gasteiger partial charge in [0.1, 0.15) is 29.6 Å². The molecule has 0 spiro atoms. The first-order valence-corrected chi connectivity index (χ1v) is 29.9. The van der Waals surface area contributed by atoms with Crippen LogP contribution in [-0.4, -0.2) is 15.0 Å². The van der Waals surface area contributed by atoms with Gasteiger partial charge in [0.15, 0.2) is 11.6 Å². The van der Waals surface area contributed by atoms with Gasteiger partial charge in [0, 0.05) is 17.1 Å². The number of hydrogen-bond donors (Lipinski definition) is 1. The molecule has 464 valence electrons. The molecule has 0 aliphatic rings. The van der Waals surface area contributed by atoms with Gasteiger partial charge in [-0.25, -0.2) is 18.2 Å². The van der Waals surface area contributed by atoms with Crippen LogP contribution in [0.15, 0.2) is 85.3 Å². The Morgan fingerprint density at radius 1 is 0.416 bits per heavy atom. The van der Waals surface area contributed by atoms with Crippen LogP contribution in [0.25, 0.3) is 21.9 Å². The standard InChI is InChI=1S/C14H14N2.C13H17N.C12H12Cl3N.C12H12F3N.C12H13N3.C11H13N/c1-14(2,3)12-7-6-10(9-15)11-5-4-8-16-13(11)12;1-9-7-12(13(3,4)5)10(2)6-11(9)8-14;2*1-6-8(12(2,3)4)11(15)10(14)7(5-16)9(6)13;1-12(2,3)9-5-4-8(6-13)10-11(9)15-7-14-10;1-11(2,3)10-6-4-9(8-12)5-7-10/h4-8H,1-3H3;6-7H,1-5H3;2*1-4H3;4-5,7H,1-3H3,(H,14,15);4-7H,1-3H3. The maximum Gasteiger partial charge on any atom is 0.179 e. The highest BCUT2D eigenvalue weighted by Crippen LogP contribution is 2.43. The zero-order valence-electron chi connectivity index (χ0n) is 55.4. The molecule has 1 N–H and O–H groups in total. The van der Waals surface area contributed by atoms with E-state index < -0.39 is 28.4 Å². The lowest BCUT2D eigenvalue weighted by atomic mass is 9.82. The number of hydrogen-bond acceptors (Lipinski definition) is 8. The normalized spacial score (nSPS) is 11.3. The molecule has 15 heteroatoms. The molecule has 9 nitrogen and oxygen atoms in total. The van der Waals surface area contributed by atoms with Gasteiger partial charge in [-0.15, -0.1) is 0 Å². The number of H-pyrrole nitrogens is 1. The van der Waals surface area contributed by atoms with Crippen molar-refractivity contribution >= 4 is 56.7 Å². The van der Waals surface area contributed by atoms with Gasteiger partial charge < -0.3 is 4.98 Å². The number of halogens is 6. The molecule has 0 aliphatic carbocycles. The Hall–Kier alpha value is -8.20. The Morgan fingerprint density at radius 2 is 0.910 bits per heavy atom. The Kier molecular flexibility index (Phi) is 25.2. The Morgan fingerprint density at radius 3 is 1.36 bits per heavy atom. The fourth-order valence-corrected chi connectivity index (χ4v) is 11.0. The SMILES string of the molecule is CC(C)(C)c1ccc(C#N)c2[nH]cnc12.CC(C)(C)c1ccc(C#N)c2cccnc12.CC(C)(C)c1ccc(C#N)cc1.Cc1c(Cl)c(C#N)c(Cl)c(Cl)c1C(C)(C)C.Cc1c(F)c(C#N)c(F)c(F)c1C(C)(C)C.Cc1cc(C(C)(C)C)c(C)cc1C#N. The summed E-state index contributed by atoms with van der Waals surface area (Å²) in [6.07, 6.45) is 3.42. The Labute approximate surface area is 541 Å². The average molecular weight is 1260 g/mol. The number of benzene rings is 6.